The third kappa shape index (κ3) is 9.47. The van der Waals surface area contributed by atoms with E-state index in [0.29, 0.717) is 48.6 Å². The van der Waals surface area contributed by atoms with Gasteiger partial charge in [-0.25, -0.2) is 23.7 Å². The van der Waals surface area contributed by atoms with E-state index in [1.165, 1.54) is 6.07 Å². The van der Waals surface area contributed by atoms with Crippen LogP contribution in [0.5, 0.6) is 0 Å². The number of nitrogens with one attached hydrogen (secondary N) is 4. The number of benzene rings is 1. The van der Waals surface area contributed by atoms with Gasteiger partial charge in [-0.1, -0.05) is 12.1 Å². The maximum atomic E-state index is 15.3. The Bertz CT molecular complexity index is 1950. The summed E-state index contributed by atoms with van der Waals surface area (Å²) in [7, 11) is 0. The van der Waals surface area contributed by atoms with Crippen LogP contribution in [0.1, 0.15) is 108 Å². The van der Waals surface area contributed by atoms with Crippen LogP contribution in [-0.2, 0) is 14.4 Å². The number of hydrogen-bond donors (Lipinski definition) is 5. The van der Waals surface area contributed by atoms with E-state index in [9.17, 15) is 23.9 Å². The van der Waals surface area contributed by atoms with Crippen molar-refractivity contribution < 1.29 is 28.3 Å². The van der Waals surface area contributed by atoms with Gasteiger partial charge in [0.15, 0.2) is 5.82 Å². The van der Waals surface area contributed by atoms with E-state index in [1.807, 2.05) is 12.1 Å². The second-order valence-corrected chi connectivity index (χ2v) is 16.8. The molecule has 5 aliphatic rings. The van der Waals surface area contributed by atoms with Crippen LogP contribution in [0.4, 0.5) is 26.2 Å². The first-order chi connectivity index (χ1) is 28.2. The molecule has 3 saturated heterocycles. The van der Waals surface area contributed by atoms with Crippen LogP contribution in [0, 0.1) is 17.6 Å². The van der Waals surface area contributed by atoms with Gasteiger partial charge in [0.2, 0.25) is 23.7 Å². The number of imide groups is 1. The molecule has 310 valence electrons. The lowest BCUT2D eigenvalue weighted by Crippen LogP contribution is -2.49. The first-order valence-electron chi connectivity index (χ1n) is 21.3. The largest absolute Gasteiger partial charge is 0.378 e. The van der Waals surface area contributed by atoms with Crippen molar-refractivity contribution in [1.29, 1.82) is 0 Å². The summed E-state index contributed by atoms with van der Waals surface area (Å²) in [6.45, 7) is 2.46. The molecule has 2 aliphatic carbocycles. The molecular weight excluding hydrogens is 745 g/mol. The number of pyridine rings is 1. The van der Waals surface area contributed by atoms with Gasteiger partial charge in [-0.15, -0.1) is 0 Å². The van der Waals surface area contributed by atoms with Gasteiger partial charge < -0.3 is 20.6 Å². The number of carbonyl (C=O) groups excluding carboxylic acids is 3. The summed E-state index contributed by atoms with van der Waals surface area (Å²) < 4.78 is 30.2. The maximum absolute atomic E-state index is 15.3. The van der Waals surface area contributed by atoms with Gasteiger partial charge in [0.25, 0.3) is 0 Å². The van der Waals surface area contributed by atoms with Gasteiger partial charge in [0.05, 0.1) is 11.9 Å². The zero-order valence-electron chi connectivity index (χ0n) is 33.0. The van der Waals surface area contributed by atoms with Crippen molar-refractivity contribution in [1.82, 2.24) is 30.5 Å². The molecule has 13 nitrogen and oxygen atoms in total. The fraction of sp³-hybridized carbons (Fsp3) is 0.581. The van der Waals surface area contributed by atoms with E-state index in [1.54, 1.807) is 23.1 Å². The van der Waals surface area contributed by atoms with Gasteiger partial charge >= 0.3 is 0 Å². The first kappa shape index (κ1) is 40.2. The monoisotopic (exact) mass is 799 g/mol. The molecule has 0 spiro atoms. The Labute approximate surface area is 338 Å². The van der Waals surface area contributed by atoms with E-state index in [-0.39, 0.29) is 59.6 Å². The van der Waals surface area contributed by atoms with Crippen LogP contribution in [0.3, 0.4) is 0 Å². The number of aliphatic hydroxyl groups is 1. The number of aliphatic hydroxyl groups excluding tert-OH is 1. The van der Waals surface area contributed by atoms with Crippen LogP contribution in [-0.4, -0.2) is 92.7 Å². The lowest BCUT2D eigenvalue weighted by Gasteiger charge is -2.42. The normalized spacial score (nSPS) is 26.9. The Hall–Kier alpha value is -4.60. The van der Waals surface area contributed by atoms with Gasteiger partial charge in [0.1, 0.15) is 29.6 Å². The zero-order chi connectivity index (χ0) is 40.2. The van der Waals surface area contributed by atoms with Crippen molar-refractivity contribution in [3.8, 4) is 11.4 Å². The molecule has 1 aromatic carbocycles. The third-order valence-electron chi connectivity index (χ3n) is 13.0. The second kappa shape index (κ2) is 18.1. The number of nitrogens with zero attached hydrogens (tertiary/aromatic N) is 5. The Morgan fingerprint density at radius 3 is 2.31 bits per heavy atom. The Morgan fingerprint density at radius 1 is 0.793 bits per heavy atom. The fourth-order valence-corrected chi connectivity index (χ4v) is 9.67. The van der Waals surface area contributed by atoms with Crippen molar-refractivity contribution in [2.75, 3.05) is 35.2 Å². The highest BCUT2D eigenvalue weighted by molar-refractivity contribution is 6.01. The lowest BCUT2D eigenvalue weighted by molar-refractivity contribution is -0.133. The van der Waals surface area contributed by atoms with Gasteiger partial charge in [-0.05, 0) is 138 Å². The topological polar surface area (TPSA) is 165 Å². The smallest absolute Gasteiger partial charge is 0.249 e. The zero-order valence-corrected chi connectivity index (χ0v) is 33.0. The predicted octanol–water partition coefficient (Wildman–Crippen LogP) is 5.62. The molecule has 8 rings (SSSR count). The maximum Gasteiger partial charge on any atom is 0.249 e. The van der Waals surface area contributed by atoms with Crippen LogP contribution < -0.4 is 26.2 Å². The van der Waals surface area contributed by atoms with E-state index in [0.717, 1.165) is 102 Å². The summed E-state index contributed by atoms with van der Waals surface area (Å²) in [4.78, 5) is 53.5. The molecule has 3 aliphatic heterocycles. The number of rotatable bonds is 11. The molecule has 15 heteroatoms. The average Bonchev–Trinajstić information content (AvgIpc) is 3.23. The summed E-state index contributed by atoms with van der Waals surface area (Å²) in [6.07, 6.45) is 12.8. The number of likely N-dealkylation sites (tertiary alicyclic amines) is 1. The first-order valence-corrected chi connectivity index (χ1v) is 21.3. The minimum absolute atomic E-state index is 0.0265. The van der Waals surface area contributed by atoms with Crippen molar-refractivity contribution in [3.63, 3.8) is 0 Å². The fourth-order valence-electron chi connectivity index (χ4n) is 9.67. The summed E-state index contributed by atoms with van der Waals surface area (Å²) >= 11 is 0. The van der Waals surface area contributed by atoms with Crippen LogP contribution in [0.2, 0.25) is 0 Å². The molecule has 5 N–H and O–H groups in total. The van der Waals surface area contributed by atoms with Crippen LogP contribution in [0.25, 0.3) is 11.4 Å². The highest BCUT2D eigenvalue weighted by Gasteiger charge is 2.34. The molecular formula is C43H55F2N9O4. The second-order valence-electron chi connectivity index (χ2n) is 16.8. The highest BCUT2D eigenvalue weighted by atomic mass is 19.1. The predicted molar refractivity (Wildman–Crippen MR) is 216 cm³/mol. The molecule has 2 aromatic heterocycles. The highest BCUT2D eigenvalue weighted by Crippen LogP contribution is 2.35. The van der Waals surface area contributed by atoms with Crippen LogP contribution in [0.15, 0.2) is 42.6 Å². The SMILES string of the molecule is O=C1CCC(Nc2ccc(C3CCN(C4CCC(NC(O)C5CCC(Nc6ncc(F)c(-c7cccc(N8CCCCC8=O)n7)n6)CC5)CC4)CC3)c(F)c2)C(=O)N1. The molecule has 58 heavy (non-hydrogen) atoms. The number of anilines is 3. The molecule has 5 heterocycles. The number of carbonyl (C=O) groups is 3. The summed E-state index contributed by atoms with van der Waals surface area (Å²) in [5.41, 5.74) is 1.72. The number of halogens is 2. The Kier molecular flexibility index (Phi) is 12.6. The Balaban J connectivity index is 0.753. The van der Waals surface area contributed by atoms with Gasteiger partial charge in [-0.2, -0.15) is 0 Å². The Morgan fingerprint density at radius 2 is 1.57 bits per heavy atom. The molecule has 3 aromatic rings. The number of hydrogen-bond acceptors (Lipinski definition) is 11. The number of amides is 3. The summed E-state index contributed by atoms with van der Waals surface area (Å²) in [5, 5.41) is 23.5. The minimum atomic E-state index is -0.573. The average molecular weight is 800 g/mol. The van der Waals surface area contributed by atoms with Gasteiger partial charge in [-0.3, -0.25) is 29.9 Å². The minimum Gasteiger partial charge on any atom is -0.378 e. The van der Waals surface area contributed by atoms with Crippen LogP contribution >= 0.6 is 0 Å². The van der Waals surface area contributed by atoms with Crippen molar-refractivity contribution in [2.45, 2.75) is 133 Å². The lowest BCUT2D eigenvalue weighted by atomic mass is 9.83. The van der Waals surface area contributed by atoms with E-state index >= 15 is 4.39 Å². The molecule has 2 saturated carbocycles. The molecule has 2 unspecified atom stereocenters. The molecule has 2 atom stereocenters. The quantitative estimate of drug-likeness (QED) is 0.121. The van der Waals surface area contributed by atoms with E-state index in [4.69, 9.17) is 0 Å². The van der Waals surface area contributed by atoms with Gasteiger partial charge in [0, 0.05) is 43.2 Å². The summed E-state index contributed by atoms with van der Waals surface area (Å²) in [6, 6.07) is 10.7. The van der Waals surface area contributed by atoms with Crippen molar-refractivity contribution in [2.24, 2.45) is 5.92 Å². The van der Waals surface area contributed by atoms with Crippen molar-refractivity contribution >= 4 is 35.2 Å². The third-order valence-corrected chi connectivity index (χ3v) is 13.0. The molecule has 0 radical (unpaired) electrons. The van der Waals surface area contributed by atoms with E-state index < -0.39 is 18.1 Å². The molecule has 5 fully saturated rings. The molecule has 0 bridgehead atoms. The standard InChI is InChI=1S/C43H55F2N9O4/c44-33-24-30(47-36-17-18-38(55)51-42(36)58)13-16-32(33)26-19-22-53(23-20-26)31-14-11-28(12-15-31)48-41(57)27-7-9-29(10-8-27)49-43-46-25-34(45)40(52-43)35-4-3-5-37(50-35)54-21-2-1-6-39(54)56/h3-5,13,16,24-29,31,36,41,47-48,57H,1-2,6-12,14-15,17-23H2,(H,46,49,52)(H,51,55,58). The number of piperidine rings is 3. The van der Waals surface area contributed by atoms with Crippen molar-refractivity contribution in [3.05, 3.63) is 59.8 Å². The number of aromatic nitrogens is 3. The van der Waals surface area contributed by atoms with E-state index in [2.05, 4.69) is 41.1 Å². The molecule has 3 amide bonds. The summed E-state index contributed by atoms with van der Waals surface area (Å²) in [5.74, 6) is -0.315.